The van der Waals surface area contributed by atoms with Gasteiger partial charge < -0.3 is 60.2 Å². The lowest BCUT2D eigenvalue weighted by Crippen LogP contribution is -2.35. The Hall–Kier alpha value is -12.3. The number of hydrogen-bond donors (Lipinski definition) is 13. The van der Waals surface area contributed by atoms with Crippen LogP contribution in [0.15, 0.2) is 207 Å². The first-order valence-corrected chi connectivity index (χ1v) is 62.1. The van der Waals surface area contributed by atoms with Gasteiger partial charge in [-0.2, -0.15) is 84.8 Å². The average Bonchev–Trinajstić information content (AvgIpc) is 1.20. The maximum Gasteiger partial charge on any atom is 0.348 e. The first kappa shape index (κ1) is 108. The molecule has 1 saturated carbocycles. The number of rotatable bonds is 28. The number of benzene rings is 5. The topological polar surface area (TPSA) is 619 Å². The minimum Gasteiger partial charge on any atom is -0.505 e. The molecule has 8 aromatic heterocycles. The SMILES string of the molecule is COP1(=O)N=C(c2c(O)c(-c3ccsc3)nn(CC3CC3)c2=O)Nc2ccc(NS(C)(=O)=O)cc21.COP1(=O)N=C(c2c(O)c(-c3ccsc3)nn(CCC(C)(C)C)c2=O)Nc2ccc(NS(C)(=O)=O)cc21.COP1(=O)N=C(c2c(O)c(-c3ccsc3)nn(CCC(C)C)c2=O)Nc2ccc(NS(C)(=O)=O)cc21.CS(=O)(=O)Nc1ccc2c(c1)P(=O)(O)N=C(c1c(O)c(-c3ccsc3)nn(Cc3cccc(Br)c3)c1=O)N2. The predicted molar refractivity (Wildman–Crippen MR) is 576 cm³/mol. The minimum absolute atomic E-state index is 0.0594. The van der Waals surface area contributed by atoms with Crippen molar-refractivity contribution in [2.24, 2.45) is 36.3 Å². The molecule has 13 N–H and O–H groups in total. The number of thiophene rings is 4. The molecule has 0 radical (unpaired) electrons. The molecule has 4 unspecified atom stereocenters. The molecule has 13 aromatic rings. The van der Waals surface area contributed by atoms with Crippen LogP contribution in [0.5, 0.6) is 23.0 Å². The van der Waals surface area contributed by atoms with E-state index in [1.807, 2.05) is 75.0 Å². The van der Waals surface area contributed by atoms with Gasteiger partial charge in [0.2, 0.25) is 40.1 Å². The van der Waals surface area contributed by atoms with Crippen LogP contribution in [0, 0.1) is 17.3 Å². The largest absolute Gasteiger partial charge is 0.505 e. The number of fused-ring (bicyclic) bond motifs is 4. The molecule has 0 amide bonds. The normalized spacial score (nSPS) is 17.8. The number of anilines is 8. The molecule has 4 atom stereocenters. The molecule has 44 nitrogen and oxygen atoms in total. The van der Waals surface area contributed by atoms with Crippen LogP contribution in [-0.4, -0.2) is 168 Å². The van der Waals surface area contributed by atoms with E-state index in [0.29, 0.717) is 83.6 Å². The van der Waals surface area contributed by atoms with Crippen molar-refractivity contribution in [2.45, 2.75) is 86.5 Å². The summed E-state index contributed by atoms with van der Waals surface area (Å²) in [6.45, 7) is 11.3. The van der Waals surface area contributed by atoms with Gasteiger partial charge in [0.1, 0.15) is 45.0 Å². The third-order valence-corrected chi connectivity index (χ3v) is 35.0. The summed E-state index contributed by atoms with van der Waals surface area (Å²) in [6, 6.07) is 31.3. The summed E-state index contributed by atoms with van der Waals surface area (Å²) in [5, 5.41) is 88.7. The predicted octanol–water partition coefficient (Wildman–Crippen LogP) is 13.6. The average molecular weight is 2290 g/mol. The van der Waals surface area contributed by atoms with Crippen molar-refractivity contribution >= 4 is 222 Å². The van der Waals surface area contributed by atoms with Crippen molar-refractivity contribution in [1.82, 2.24) is 39.1 Å². The lowest BCUT2D eigenvalue weighted by molar-refractivity contribution is 0.335. The number of halogens is 1. The van der Waals surface area contributed by atoms with E-state index in [2.05, 4.69) is 95.5 Å². The number of aromatic nitrogens is 8. The van der Waals surface area contributed by atoms with Crippen LogP contribution in [0.3, 0.4) is 0 Å². The third kappa shape index (κ3) is 24.9. The summed E-state index contributed by atoms with van der Waals surface area (Å²) < 4.78 is 195. The van der Waals surface area contributed by atoms with Crippen molar-refractivity contribution in [2.75, 3.05) is 86.5 Å². The molecule has 770 valence electrons. The lowest BCUT2D eigenvalue weighted by Gasteiger charge is -2.25. The van der Waals surface area contributed by atoms with Crippen molar-refractivity contribution in [1.29, 1.82) is 0 Å². The third-order valence-electron chi connectivity index (χ3n) is 22.1. The zero-order valence-corrected chi connectivity index (χ0v) is 91.0. The van der Waals surface area contributed by atoms with Crippen LogP contribution < -0.4 is 83.6 Å². The number of aryl methyl sites for hydroxylation is 2. The smallest absolute Gasteiger partial charge is 0.348 e. The molecule has 1 aliphatic carbocycles. The monoisotopic (exact) mass is 2290 g/mol. The Morgan fingerprint density at radius 1 is 0.438 bits per heavy atom. The molecule has 0 bridgehead atoms. The number of sulfonamides is 4. The van der Waals surface area contributed by atoms with Crippen LogP contribution >= 0.6 is 91.4 Å². The van der Waals surface area contributed by atoms with E-state index in [4.69, 9.17) is 13.6 Å². The molecule has 146 heavy (non-hydrogen) atoms. The second-order valence-corrected chi connectivity index (χ2v) is 54.3. The number of nitrogens with one attached hydrogen (secondary N) is 8. The van der Waals surface area contributed by atoms with Gasteiger partial charge in [-0.1, -0.05) is 62.7 Å². The lowest BCUT2D eigenvalue weighted by atomic mass is 9.92. The Morgan fingerprint density at radius 2 is 0.747 bits per heavy atom. The van der Waals surface area contributed by atoms with Gasteiger partial charge in [-0.25, -0.2) is 52.4 Å². The van der Waals surface area contributed by atoms with Crippen LogP contribution in [0.2, 0.25) is 0 Å². The Bertz CT molecular complexity index is 8470. The highest BCUT2D eigenvalue weighted by molar-refractivity contribution is 9.10. The fraction of sp³-hybridized carbons (Fsp3) is 0.258. The van der Waals surface area contributed by atoms with Crippen molar-refractivity contribution in [3.63, 3.8) is 0 Å². The summed E-state index contributed by atoms with van der Waals surface area (Å²) in [7, 11) is -27.1. The first-order valence-electron chi connectivity index (χ1n) is 43.6. The molecular weight excluding hydrogens is 2190 g/mol. The Labute approximate surface area is 860 Å². The Morgan fingerprint density at radius 3 is 1.05 bits per heavy atom. The molecule has 5 aliphatic rings. The van der Waals surface area contributed by atoms with Gasteiger partial charge in [0.05, 0.1) is 75.5 Å². The first-order chi connectivity index (χ1) is 68.6. The van der Waals surface area contributed by atoms with Crippen LogP contribution in [0.25, 0.3) is 45.0 Å². The molecule has 0 saturated heterocycles. The van der Waals surface area contributed by atoms with Crippen molar-refractivity contribution in [3.05, 3.63) is 238 Å². The van der Waals surface area contributed by atoms with Gasteiger partial charge in [-0.3, -0.25) is 56.3 Å². The maximum atomic E-state index is 13.8. The van der Waals surface area contributed by atoms with Gasteiger partial charge in [0.15, 0.2) is 46.3 Å². The Kier molecular flexibility index (Phi) is 31.4. The van der Waals surface area contributed by atoms with Gasteiger partial charge in [-0.05, 0) is 179 Å². The molecule has 18 rings (SSSR count). The fourth-order valence-electron chi connectivity index (χ4n) is 15.0. The molecule has 1 fully saturated rings. The van der Waals surface area contributed by atoms with E-state index in [0.717, 1.165) is 52.6 Å². The van der Waals surface area contributed by atoms with Gasteiger partial charge in [0, 0.05) is 112 Å². The fourth-order valence-corrected chi connectivity index (χ4v) is 26.1. The van der Waals surface area contributed by atoms with Gasteiger partial charge in [0.25, 0.3) is 22.2 Å². The van der Waals surface area contributed by atoms with E-state index < -0.39 is 110 Å². The molecule has 57 heteroatoms. The highest BCUT2D eigenvalue weighted by Gasteiger charge is 2.42. The van der Waals surface area contributed by atoms with E-state index in [9.17, 15) is 96.4 Å². The molecule has 0 spiro atoms. The van der Waals surface area contributed by atoms with E-state index in [-0.39, 0.29) is 136 Å². The van der Waals surface area contributed by atoms with Gasteiger partial charge in [-0.15, -0.1) is 0 Å². The van der Waals surface area contributed by atoms with Crippen molar-refractivity contribution < 1.29 is 90.8 Å². The molecule has 4 aliphatic heterocycles. The molecular formula is C89H95BrN20O24P4S8. The van der Waals surface area contributed by atoms with E-state index in [1.54, 1.807) is 51.2 Å². The van der Waals surface area contributed by atoms with Crippen LogP contribution in [0.4, 0.5) is 45.5 Å². The standard InChI is InChI=1S/C23H19BrN5O6PS2.C23H28N5O6PS2.C22H26N5O6PS2.C21H22N5O6PS2/c1-38(34,35)28-16-5-6-17-18(10-16)36(32,33)27-22(25-17)19-21(30)20(14-7-8-37-12-14)26-29(23(19)31)11-13-3-2-4-15(24)9-13;1-23(2,3)9-10-28-22(30)18(20(29)19(25-28)14-8-11-36-13-14)21-24-16-7-6-15(27-37(5,32)33)12-17(16)35(31,26-21)34-4;1-13(2)7-9-27-22(29)18(20(28)19(24-27)14-8-10-35-12-14)21-23-16-6-5-15(26-36(4,31)32)11-17(16)34(30,25-21)33-3;1-32-33(29)16-9-14(25-35(2,30)31)5-6-15(16)22-20(24-33)17-19(27)18(13-7-8-34-11-13)23-26(21(17)28)10-12-3-4-12/h2-10,12,28,30H,11H2,1H3,(H2,25,27,32,33);6-8,11-13,27,29H,9-10H2,1-5H3,(H,24,26,31);5-6,8,10-13,26,28H,7,9H2,1-4H3,(H,23,25,30);5-9,11-12,25,27H,3-4,10H2,1-2H3,(H,22,24,29). The summed E-state index contributed by atoms with van der Waals surface area (Å²) in [4.78, 5) is 64.8. The maximum absolute atomic E-state index is 13.8. The number of hydrogen-bond acceptors (Lipinski definition) is 35. The van der Waals surface area contributed by atoms with Crippen LogP contribution in [0.1, 0.15) is 88.1 Å². The second kappa shape index (κ2) is 42.5. The number of nitrogens with zero attached hydrogens (tertiary/aromatic N) is 12. The molecule has 12 heterocycles. The number of aromatic hydroxyl groups is 4. The molecule has 5 aromatic carbocycles. The van der Waals surface area contributed by atoms with E-state index in [1.165, 1.54) is 154 Å². The summed E-state index contributed by atoms with van der Waals surface area (Å²) in [5.74, 6) is -1.72. The quantitative estimate of drug-likeness (QED) is 0.0203. The number of amidine groups is 4. The van der Waals surface area contributed by atoms with Crippen LogP contribution in [-0.2, 0) is 98.1 Å². The highest BCUT2D eigenvalue weighted by Crippen LogP contribution is 2.56. The highest BCUT2D eigenvalue weighted by atomic mass is 79.9. The second-order valence-electron chi connectivity index (χ2n) is 35.3. The zero-order chi connectivity index (χ0) is 106. The summed E-state index contributed by atoms with van der Waals surface area (Å²) >= 11 is 9.03. The van der Waals surface area contributed by atoms with E-state index >= 15 is 0 Å². The van der Waals surface area contributed by atoms with Gasteiger partial charge >= 0.3 is 30.1 Å². The summed E-state index contributed by atoms with van der Waals surface area (Å²) in [5.41, 5.74) is 2.11. The van der Waals surface area contributed by atoms with Crippen molar-refractivity contribution in [3.8, 4) is 68.0 Å². The minimum atomic E-state index is -4.49. The Balaban J connectivity index is 0.000000146. The summed E-state index contributed by atoms with van der Waals surface area (Å²) in [6.07, 6.45) is 7.26. The zero-order valence-electron chi connectivity index (χ0n) is 79.3.